The Labute approximate surface area is 339 Å². The number of hydrogen-bond donors (Lipinski definition) is 0. The molecule has 0 N–H and O–H groups in total. The third kappa shape index (κ3) is 7.86. The van der Waals surface area contributed by atoms with Gasteiger partial charge in [-0.2, -0.15) is 0 Å². The van der Waals surface area contributed by atoms with Crippen LogP contribution in [0.15, 0.2) is 89.6 Å². The van der Waals surface area contributed by atoms with E-state index in [1.807, 2.05) is 45.3 Å². The van der Waals surface area contributed by atoms with Crippen molar-refractivity contribution in [1.82, 2.24) is 24.5 Å². The van der Waals surface area contributed by atoms with E-state index in [1.54, 1.807) is 0 Å². The van der Waals surface area contributed by atoms with Crippen molar-refractivity contribution in [2.75, 3.05) is 0 Å². The summed E-state index contributed by atoms with van der Waals surface area (Å²) in [6.07, 6.45) is 3.97. The van der Waals surface area contributed by atoms with Crippen LogP contribution in [0.5, 0.6) is 0 Å². The summed E-state index contributed by atoms with van der Waals surface area (Å²) in [6, 6.07) is 32.1. The molecule has 283 valence electrons. The van der Waals surface area contributed by atoms with E-state index >= 15 is 0 Å². The van der Waals surface area contributed by atoms with E-state index in [0.717, 1.165) is 72.7 Å². The minimum absolute atomic E-state index is 0. The van der Waals surface area contributed by atoms with Crippen molar-refractivity contribution in [2.24, 2.45) is 0 Å². The zero-order valence-electron chi connectivity index (χ0n) is 33.7. The number of benzene rings is 3. The summed E-state index contributed by atoms with van der Waals surface area (Å²) in [5.74, 6) is 1.48. The largest absolute Gasteiger partial charge is 0.499 e. The molecule has 0 aliphatic carbocycles. The Bertz CT molecular complexity index is 2610. The van der Waals surface area contributed by atoms with Crippen molar-refractivity contribution >= 4 is 46.2 Å². The van der Waals surface area contributed by atoms with Crippen LogP contribution in [-0.4, -0.2) is 32.6 Å². The van der Waals surface area contributed by atoms with E-state index in [9.17, 15) is 0 Å². The molecule has 3 aromatic carbocycles. The van der Waals surface area contributed by atoms with Crippen molar-refractivity contribution in [3.05, 3.63) is 131 Å². The maximum Gasteiger partial charge on any atom is 0.142 e. The molecule has 0 amide bonds. The van der Waals surface area contributed by atoms with Crippen molar-refractivity contribution in [3.63, 3.8) is 0 Å². The molecule has 8 rings (SSSR count). The van der Waals surface area contributed by atoms with Gasteiger partial charge in [-0.25, -0.2) is 0 Å². The second kappa shape index (κ2) is 15.8. The standard InChI is InChI=1S/C32H31N4O.C15H18NSi.Ir/c1-17(2)22-10-8-11-23(18(3)4)29(22)36-28-16-33-19(5)15-27(28)35-32(36)25-13-9-12-24-26-14-20(6)34-21(7)30(26)37-31(24)25;1-12-5-7-13(8-6-12)15-10-9-14(11-16-15)17(2,3)4;/h8-12,14-18H,1-7H3;5-7,9-11H,1-4H3;/q2*-1;. The van der Waals surface area contributed by atoms with Crippen LogP contribution < -0.4 is 5.19 Å². The van der Waals surface area contributed by atoms with Crippen molar-refractivity contribution in [3.8, 4) is 28.3 Å². The van der Waals surface area contributed by atoms with Crippen molar-refractivity contribution in [2.45, 2.75) is 86.9 Å². The van der Waals surface area contributed by atoms with Crippen LogP contribution in [0.4, 0.5) is 0 Å². The smallest absolute Gasteiger partial charge is 0.142 e. The second-order valence-corrected chi connectivity index (χ2v) is 21.1. The van der Waals surface area contributed by atoms with Gasteiger partial charge in [-0.1, -0.05) is 95.5 Å². The molecular formula is C47H49IrN5OSi-2. The number of hydrogen-bond acceptors (Lipinski definition) is 5. The van der Waals surface area contributed by atoms with E-state index in [-0.39, 0.29) is 20.1 Å². The van der Waals surface area contributed by atoms with Crippen molar-refractivity contribution in [1.29, 1.82) is 0 Å². The SMILES string of the molecule is Cc1c[c-]c(-c2ccc([Si](C)(C)C)cn2)cc1.Cc1cc2nc(-c3[c-]ccc4c3oc3c(C)nc(C)cc34)n(-c3c(C(C)C)cccc3C(C)C)c2cn1.[Ir]. The monoisotopic (exact) mass is 920 g/mol. The fraction of sp³-hybridized carbons (Fsp3) is 0.277. The topological polar surface area (TPSA) is 69.6 Å². The fourth-order valence-corrected chi connectivity index (χ4v) is 8.15. The molecule has 0 saturated heterocycles. The zero-order valence-corrected chi connectivity index (χ0v) is 37.1. The molecule has 0 aliphatic heterocycles. The third-order valence-corrected chi connectivity index (χ3v) is 12.1. The molecule has 5 aromatic heterocycles. The molecule has 1 radical (unpaired) electrons. The number of pyridine rings is 3. The number of nitrogens with zero attached hydrogens (tertiary/aromatic N) is 5. The predicted molar refractivity (Wildman–Crippen MR) is 227 cm³/mol. The fourth-order valence-electron chi connectivity index (χ4n) is 7.12. The molecule has 8 heteroatoms. The van der Waals surface area contributed by atoms with Crippen LogP contribution in [0.25, 0.3) is 61.3 Å². The Morgan fingerprint density at radius 1 is 0.727 bits per heavy atom. The second-order valence-electron chi connectivity index (χ2n) is 16.1. The number of rotatable bonds is 6. The van der Waals surface area contributed by atoms with Gasteiger partial charge >= 0.3 is 0 Å². The zero-order chi connectivity index (χ0) is 38.5. The van der Waals surface area contributed by atoms with Crippen LogP contribution in [0.2, 0.25) is 19.6 Å². The minimum Gasteiger partial charge on any atom is -0.499 e. The first-order chi connectivity index (χ1) is 25.7. The van der Waals surface area contributed by atoms with Gasteiger partial charge in [0.2, 0.25) is 0 Å². The first kappa shape index (κ1) is 39.9. The Morgan fingerprint density at radius 2 is 1.45 bits per heavy atom. The maximum absolute atomic E-state index is 6.53. The van der Waals surface area contributed by atoms with Crippen molar-refractivity contribution < 1.29 is 24.5 Å². The number of para-hydroxylation sites is 1. The number of furan rings is 1. The summed E-state index contributed by atoms with van der Waals surface area (Å²) < 4.78 is 8.81. The molecule has 8 aromatic rings. The van der Waals surface area contributed by atoms with Gasteiger partial charge in [0.15, 0.2) is 0 Å². The normalized spacial score (nSPS) is 11.7. The molecule has 5 heterocycles. The van der Waals surface area contributed by atoms with Crippen LogP contribution in [0.1, 0.15) is 73.3 Å². The molecule has 0 saturated carbocycles. The number of aryl methyl sites for hydroxylation is 4. The molecule has 0 unspecified atom stereocenters. The molecule has 0 spiro atoms. The van der Waals surface area contributed by atoms with Crippen LogP contribution in [0.3, 0.4) is 0 Å². The summed E-state index contributed by atoms with van der Waals surface area (Å²) >= 11 is 0. The summed E-state index contributed by atoms with van der Waals surface area (Å²) in [5, 5.41) is 3.51. The maximum atomic E-state index is 6.53. The summed E-state index contributed by atoms with van der Waals surface area (Å²) in [6.45, 7) is 24.1. The summed E-state index contributed by atoms with van der Waals surface area (Å²) in [7, 11) is -1.24. The van der Waals surface area contributed by atoms with Gasteiger partial charge < -0.3 is 14.0 Å². The van der Waals surface area contributed by atoms with Gasteiger partial charge in [0, 0.05) is 48.8 Å². The van der Waals surface area contributed by atoms with Crippen LogP contribution in [0, 0.1) is 39.8 Å². The molecule has 0 fully saturated rings. The van der Waals surface area contributed by atoms with E-state index in [2.05, 4.69) is 147 Å². The Morgan fingerprint density at radius 3 is 2.07 bits per heavy atom. The quantitative estimate of drug-likeness (QED) is 0.123. The van der Waals surface area contributed by atoms with Gasteiger partial charge in [-0.3, -0.25) is 15.0 Å². The Hall–Kier alpha value is -4.75. The van der Waals surface area contributed by atoms with E-state index < -0.39 is 8.07 Å². The molecule has 0 atom stereocenters. The number of aromatic nitrogens is 5. The molecule has 0 bridgehead atoms. The number of fused-ring (bicyclic) bond motifs is 4. The first-order valence-electron chi connectivity index (χ1n) is 18.9. The third-order valence-electron chi connectivity index (χ3n) is 10.1. The van der Waals surface area contributed by atoms with Crippen LogP contribution >= 0.6 is 0 Å². The van der Waals surface area contributed by atoms with E-state index in [0.29, 0.717) is 11.8 Å². The Kier molecular flexibility index (Phi) is 11.5. The van der Waals surface area contributed by atoms with Gasteiger partial charge in [-0.05, 0) is 66.7 Å². The van der Waals surface area contributed by atoms with E-state index in [1.165, 1.54) is 27.6 Å². The minimum atomic E-state index is -1.24. The first-order valence-corrected chi connectivity index (χ1v) is 22.4. The number of imidazole rings is 1. The molecular weight excluding hydrogens is 871 g/mol. The van der Waals surface area contributed by atoms with Gasteiger partial charge in [0.25, 0.3) is 0 Å². The van der Waals surface area contributed by atoms with Gasteiger partial charge in [0.05, 0.1) is 42.4 Å². The summed E-state index contributed by atoms with van der Waals surface area (Å²) in [5.41, 5.74) is 14.1. The average Bonchev–Trinajstić information content (AvgIpc) is 3.70. The van der Waals surface area contributed by atoms with Gasteiger partial charge in [-0.15, -0.1) is 53.6 Å². The predicted octanol–water partition coefficient (Wildman–Crippen LogP) is 11.8. The Balaban J connectivity index is 0.000000241. The van der Waals surface area contributed by atoms with E-state index in [4.69, 9.17) is 9.40 Å². The van der Waals surface area contributed by atoms with Crippen LogP contribution in [-0.2, 0) is 20.1 Å². The summed E-state index contributed by atoms with van der Waals surface area (Å²) in [4.78, 5) is 19.0. The van der Waals surface area contributed by atoms with Gasteiger partial charge in [0.1, 0.15) is 5.58 Å². The molecule has 6 nitrogen and oxygen atoms in total. The molecule has 0 aliphatic rings. The molecule has 55 heavy (non-hydrogen) atoms. The average molecular weight is 920 g/mol.